The molecule has 182 valence electrons. The van der Waals surface area contributed by atoms with E-state index in [4.69, 9.17) is 5.26 Å². The summed E-state index contributed by atoms with van der Waals surface area (Å²) in [6.07, 6.45) is 4.47. The topological polar surface area (TPSA) is 81.5 Å². The van der Waals surface area contributed by atoms with Gasteiger partial charge in [0.25, 0.3) is 0 Å². The van der Waals surface area contributed by atoms with Crippen molar-refractivity contribution >= 4 is 21.5 Å². The van der Waals surface area contributed by atoms with Crippen molar-refractivity contribution in [2.45, 2.75) is 27.7 Å². The number of para-hydroxylation sites is 2. The van der Waals surface area contributed by atoms with Crippen LogP contribution in [0.4, 0.5) is 5.69 Å². The van der Waals surface area contributed by atoms with E-state index in [0.717, 1.165) is 33.6 Å². The average Bonchev–Trinajstić information content (AvgIpc) is 3.19. The minimum Gasteiger partial charge on any atom is -0.494 e. The Balaban J connectivity index is 0. The Morgan fingerprint density at radius 3 is 1.55 bits per heavy atom. The van der Waals surface area contributed by atoms with Crippen LogP contribution in [0.5, 0.6) is 0 Å². The van der Waals surface area contributed by atoms with E-state index in [-0.39, 0.29) is 20.4 Å². The van der Waals surface area contributed by atoms with Crippen LogP contribution in [0.1, 0.15) is 22.3 Å². The first-order chi connectivity index (χ1) is 15.0. The maximum Gasteiger partial charge on any atom is 2.00 e. The van der Waals surface area contributed by atoms with Gasteiger partial charge in [-0.15, -0.1) is 27.0 Å². The number of aromatic nitrogens is 4. The minimum absolute atomic E-state index is 0. The Hall–Kier alpha value is -1.68. The number of hydrogen-bond donors (Lipinski definition) is 0. The molecule has 0 aliphatic rings. The fourth-order valence-electron chi connectivity index (χ4n) is 2.41. The summed E-state index contributed by atoms with van der Waals surface area (Å²) in [6, 6.07) is 11.9. The molecule has 0 bridgehead atoms. The van der Waals surface area contributed by atoms with Crippen molar-refractivity contribution in [2.75, 3.05) is 40.0 Å². The number of nitrogens with zero attached hydrogens (tertiary/aromatic N) is 6. The monoisotopic (exact) mass is 576 g/mol. The van der Waals surface area contributed by atoms with Gasteiger partial charge in [0.2, 0.25) is 0 Å². The first-order valence-corrected chi connectivity index (χ1v) is 15.5. The Kier molecular flexibility index (Phi) is 19.0. The molecule has 33 heavy (non-hydrogen) atoms. The largest absolute Gasteiger partial charge is 2.00 e. The second-order valence-electron chi connectivity index (χ2n) is 8.07. The Morgan fingerprint density at radius 2 is 1.21 bits per heavy atom. The second kappa shape index (κ2) is 18.7. The molecular formula is C24H36N6P2Pd. The van der Waals surface area contributed by atoms with Gasteiger partial charge in [-0.3, -0.25) is 0 Å². The van der Waals surface area contributed by atoms with Crippen LogP contribution >= 0.6 is 15.8 Å². The number of rotatable bonds is 2. The number of nitriles is 1. The van der Waals surface area contributed by atoms with Gasteiger partial charge < -0.3 is 15.3 Å². The summed E-state index contributed by atoms with van der Waals surface area (Å²) in [7, 11) is 0.759. The SMILES string of the molecule is CP(C)C.CP(C)C.Cc1cccc(C)c1-n1[c-]nnn1.Cc1cccc(C)c1[N-]C#N.[Pd+2]. The smallest absolute Gasteiger partial charge is 0.494 e. The van der Waals surface area contributed by atoms with Gasteiger partial charge in [-0.25, -0.2) is 5.10 Å². The van der Waals surface area contributed by atoms with Crippen LogP contribution in [0.15, 0.2) is 36.4 Å². The molecule has 3 rings (SSSR count). The van der Waals surface area contributed by atoms with Gasteiger partial charge in [0.05, 0.1) is 0 Å². The molecular weight excluding hydrogens is 541 g/mol. The summed E-state index contributed by atoms with van der Waals surface area (Å²) >= 11 is 0. The van der Waals surface area contributed by atoms with Gasteiger partial charge in [0.1, 0.15) is 0 Å². The van der Waals surface area contributed by atoms with E-state index in [2.05, 4.69) is 67.2 Å². The molecule has 6 nitrogen and oxygen atoms in total. The summed E-state index contributed by atoms with van der Waals surface area (Å²) in [5.74, 6) is 0. The maximum atomic E-state index is 8.35. The minimum atomic E-state index is 0. The Labute approximate surface area is 216 Å². The van der Waals surface area contributed by atoms with Crippen molar-refractivity contribution in [3.05, 3.63) is 70.3 Å². The van der Waals surface area contributed by atoms with Crippen molar-refractivity contribution in [3.8, 4) is 11.9 Å². The van der Waals surface area contributed by atoms with Gasteiger partial charge in [-0.05, 0) is 82.2 Å². The molecule has 0 N–H and O–H groups in total. The normalized spacial score (nSPS) is 9.18. The molecule has 0 unspecified atom stereocenters. The Morgan fingerprint density at radius 1 is 0.818 bits per heavy atom. The third-order valence-electron chi connectivity index (χ3n) is 3.57. The maximum absolute atomic E-state index is 8.35. The van der Waals surface area contributed by atoms with Crippen LogP contribution in [0.3, 0.4) is 0 Å². The van der Waals surface area contributed by atoms with E-state index >= 15 is 0 Å². The van der Waals surface area contributed by atoms with Crippen LogP contribution < -0.4 is 0 Å². The molecule has 0 aliphatic heterocycles. The van der Waals surface area contributed by atoms with Gasteiger partial charge in [0.15, 0.2) is 0 Å². The molecule has 0 atom stereocenters. The molecule has 0 saturated carbocycles. The van der Waals surface area contributed by atoms with Crippen molar-refractivity contribution in [2.24, 2.45) is 0 Å². The molecule has 1 aromatic heterocycles. The number of tetrazole rings is 1. The predicted molar refractivity (Wildman–Crippen MR) is 141 cm³/mol. The van der Waals surface area contributed by atoms with E-state index in [0.29, 0.717) is 15.8 Å². The van der Waals surface area contributed by atoms with E-state index in [1.807, 2.05) is 64.1 Å². The fraction of sp³-hybridized carbons (Fsp3) is 0.417. The quantitative estimate of drug-likeness (QED) is 0.149. The number of benzene rings is 2. The molecule has 0 spiro atoms. The fourth-order valence-corrected chi connectivity index (χ4v) is 2.41. The molecule has 2 aromatic carbocycles. The van der Waals surface area contributed by atoms with E-state index in [9.17, 15) is 0 Å². The first kappa shape index (κ1) is 33.5. The van der Waals surface area contributed by atoms with Crippen LogP contribution in [-0.2, 0) is 20.4 Å². The van der Waals surface area contributed by atoms with Gasteiger partial charge >= 0.3 is 20.4 Å². The van der Waals surface area contributed by atoms with Gasteiger partial charge in [0, 0.05) is 0 Å². The van der Waals surface area contributed by atoms with Gasteiger partial charge in [-0.2, -0.15) is 0 Å². The summed E-state index contributed by atoms with van der Waals surface area (Å²) in [5, 5.41) is 22.9. The zero-order chi connectivity index (χ0) is 24.7. The number of aryl methyl sites for hydroxylation is 4. The molecule has 0 saturated heterocycles. The predicted octanol–water partition coefficient (Wildman–Crippen LogP) is 6.58. The summed E-state index contributed by atoms with van der Waals surface area (Å²) in [6.45, 7) is 21.3. The molecule has 0 aliphatic carbocycles. The summed E-state index contributed by atoms with van der Waals surface area (Å²) in [5.41, 5.74) is 6.19. The Bertz CT molecular complexity index is 902. The molecule has 9 heteroatoms. The average molecular weight is 577 g/mol. The number of hydrogen-bond acceptors (Lipinski definition) is 4. The van der Waals surface area contributed by atoms with E-state index < -0.39 is 0 Å². The molecule has 1 heterocycles. The second-order valence-corrected chi connectivity index (χ2v) is 13.4. The third kappa shape index (κ3) is 15.0. The molecule has 0 radical (unpaired) electrons. The molecule has 0 fully saturated rings. The molecule has 3 aromatic rings. The first-order valence-electron chi connectivity index (χ1n) is 10.1. The third-order valence-corrected chi connectivity index (χ3v) is 3.57. The van der Waals surface area contributed by atoms with Crippen molar-refractivity contribution < 1.29 is 20.4 Å². The van der Waals surface area contributed by atoms with Crippen molar-refractivity contribution in [3.63, 3.8) is 0 Å². The van der Waals surface area contributed by atoms with E-state index in [1.54, 1.807) is 10.9 Å². The summed E-state index contributed by atoms with van der Waals surface area (Å²) < 4.78 is 1.56. The van der Waals surface area contributed by atoms with Crippen molar-refractivity contribution in [1.82, 2.24) is 20.2 Å². The molecule has 0 amide bonds. The zero-order valence-corrected chi connectivity index (χ0v) is 24.7. The van der Waals surface area contributed by atoms with Crippen molar-refractivity contribution in [1.29, 1.82) is 5.26 Å². The van der Waals surface area contributed by atoms with Crippen LogP contribution in [0.2, 0.25) is 0 Å². The van der Waals surface area contributed by atoms with Crippen LogP contribution in [-0.4, -0.2) is 60.2 Å². The standard InChI is InChI=1S/C9H9N4.C9H9N2.2C3H9P.Pd/c1-7-4-3-5-8(2)9(7)13-6-10-11-12-13;1-7-4-3-5-8(2)9(7)11-6-10;2*1-4(2)3;/h3-5H,1-2H3;3-5H,1-2H3;2*1-3H3;/q2*-1;;;+2. The summed E-state index contributed by atoms with van der Waals surface area (Å²) in [4.78, 5) is 0. The van der Waals surface area contributed by atoms with Gasteiger partial charge in [-0.1, -0.05) is 67.3 Å². The zero-order valence-electron chi connectivity index (χ0n) is 21.4. The van der Waals surface area contributed by atoms with E-state index in [1.165, 1.54) is 0 Å². The van der Waals surface area contributed by atoms with Crippen LogP contribution in [0.25, 0.3) is 11.0 Å². The van der Waals surface area contributed by atoms with Crippen LogP contribution in [0, 0.1) is 45.5 Å².